The number of nitrogens with zero attached hydrogens (tertiary/aromatic N) is 1. The number of rotatable bonds is 8. The number of furan rings is 1. The van der Waals surface area contributed by atoms with Crippen LogP contribution in [0.15, 0.2) is 71.1 Å². The van der Waals surface area contributed by atoms with Crippen LogP contribution in [0.5, 0.6) is 0 Å². The van der Waals surface area contributed by atoms with Gasteiger partial charge in [-0.1, -0.05) is 36.4 Å². The second kappa shape index (κ2) is 10.5. The fourth-order valence-electron chi connectivity index (χ4n) is 4.69. The highest BCUT2D eigenvalue weighted by Crippen LogP contribution is 2.31. The van der Waals surface area contributed by atoms with Crippen LogP contribution in [-0.4, -0.2) is 35.7 Å². The van der Waals surface area contributed by atoms with Crippen molar-refractivity contribution in [3.63, 3.8) is 0 Å². The summed E-state index contributed by atoms with van der Waals surface area (Å²) in [5, 5.41) is 6.06. The van der Waals surface area contributed by atoms with E-state index in [9.17, 15) is 18.8 Å². The predicted octanol–water partition coefficient (Wildman–Crippen LogP) is 4.19. The number of carbonyl (C=O) groups is 3. The van der Waals surface area contributed by atoms with Crippen molar-refractivity contribution in [2.45, 2.75) is 32.0 Å². The first-order valence-corrected chi connectivity index (χ1v) is 12.2. The van der Waals surface area contributed by atoms with Crippen molar-refractivity contribution < 1.29 is 23.2 Å². The number of hydrogen-bond donors (Lipinski definition) is 3. The molecule has 8 nitrogen and oxygen atoms in total. The Bertz CT molecular complexity index is 1530. The van der Waals surface area contributed by atoms with Gasteiger partial charge in [0.15, 0.2) is 0 Å². The van der Waals surface area contributed by atoms with Gasteiger partial charge >= 0.3 is 0 Å². The average Bonchev–Trinajstić information content (AvgIpc) is 3.29. The van der Waals surface area contributed by atoms with Crippen LogP contribution in [0.3, 0.4) is 0 Å². The van der Waals surface area contributed by atoms with Crippen molar-refractivity contribution in [1.82, 2.24) is 10.2 Å². The van der Waals surface area contributed by atoms with Gasteiger partial charge in [-0.25, -0.2) is 4.39 Å². The highest BCUT2D eigenvalue weighted by atomic mass is 19.1. The van der Waals surface area contributed by atoms with Gasteiger partial charge in [-0.15, -0.1) is 0 Å². The van der Waals surface area contributed by atoms with Gasteiger partial charge < -0.3 is 15.5 Å². The summed E-state index contributed by atoms with van der Waals surface area (Å²) in [4.78, 5) is 37.3. The van der Waals surface area contributed by atoms with E-state index in [4.69, 9.17) is 10.2 Å². The van der Waals surface area contributed by atoms with Crippen LogP contribution in [0.4, 0.5) is 10.1 Å². The molecular weight excluding hydrogens is 487 g/mol. The zero-order valence-corrected chi connectivity index (χ0v) is 20.8. The number of benzene rings is 3. The molecule has 2 heterocycles. The Morgan fingerprint density at radius 2 is 1.84 bits per heavy atom. The second-order valence-electron chi connectivity index (χ2n) is 9.56. The third-order valence-corrected chi connectivity index (χ3v) is 6.50. The Hall–Kier alpha value is -4.50. The van der Waals surface area contributed by atoms with Crippen molar-refractivity contribution in [2.24, 2.45) is 5.73 Å². The van der Waals surface area contributed by atoms with Crippen LogP contribution < -0.4 is 16.4 Å². The molecule has 0 aliphatic carbocycles. The minimum Gasteiger partial charge on any atom is -0.455 e. The number of imide groups is 1. The lowest BCUT2D eigenvalue weighted by Crippen LogP contribution is -2.47. The molecule has 1 aliphatic rings. The molecule has 194 valence electrons. The molecule has 1 unspecified atom stereocenters. The van der Waals surface area contributed by atoms with Crippen LogP contribution in [0.2, 0.25) is 0 Å². The van der Waals surface area contributed by atoms with Crippen molar-refractivity contribution in [1.29, 1.82) is 0 Å². The van der Waals surface area contributed by atoms with E-state index in [2.05, 4.69) is 15.5 Å². The van der Waals surface area contributed by atoms with Crippen molar-refractivity contribution in [3.8, 4) is 11.3 Å². The molecule has 1 aromatic heterocycles. The summed E-state index contributed by atoms with van der Waals surface area (Å²) >= 11 is 0. The van der Waals surface area contributed by atoms with Crippen molar-refractivity contribution in [2.75, 3.05) is 12.4 Å². The number of primary amides is 1. The largest absolute Gasteiger partial charge is 0.455 e. The Morgan fingerprint density at radius 1 is 1.08 bits per heavy atom. The number of anilines is 1. The lowest BCUT2D eigenvalue weighted by Gasteiger charge is -2.23. The minimum absolute atomic E-state index is 0.0147. The Labute approximate surface area is 218 Å². The first kappa shape index (κ1) is 25.2. The molecule has 4 aromatic rings. The molecular formula is C29H27FN4O4. The Balaban J connectivity index is 1.23. The fraction of sp³-hybridized carbons (Fsp3) is 0.207. The third-order valence-electron chi connectivity index (χ3n) is 6.50. The zero-order chi connectivity index (χ0) is 26.8. The van der Waals surface area contributed by atoms with Crippen molar-refractivity contribution >= 4 is 34.4 Å². The summed E-state index contributed by atoms with van der Waals surface area (Å²) in [5.74, 6) is -1.30. The lowest BCUT2D eigenvalue weighted by atomic mass is 10.1. The molecule has 1 saturated heterocycles. The molecule has 0 bridgehead atoms. The molecule has 3 amide bonds. The minimum atomic E-state index is -0.744. The SMILES string of the molecule is CN(Cc1ccc(-c2cc3cc(F)cc(C(N)=O)c3o2)cc1)Cc1cccc(NC2CCC(=O)NC2=O)c1. The van der Waals surface area contributed by atoms with E-state index in [1.165, 1.54) is 6.07 Å². The van der Waals surface area contributed by atoms with E-state index < -0.39 is 17.8 Å². The number of carbonyl (C=O) groups excluding carboxylic acids is 3. The molecule has 5 rings (SSSR count). The number of fused-ring (bicyclic) bond motifs is 1. The third kappa shape index (κ3) is 5.57. The van der Waals surface area contributed by atoms with Gasteiger partial charge in [0.1, 0.15) is 23.2 Å². The first-order valence-electron chi connectivity index (χ1n) is 12.2. The second-order valence-corrected chi connectivity index (χ2v) is 9.56. The summed E-state index contributed by atoms with van der Waals surface area (Å²) in [6, 6.07) is 19.4. The normalized spacial score (nSPS) is 15.6. The number of nitrogens with one attached hydrogen (secondary N) is 2. The zero-order valence-electron chi connectivity index (χ0n) is 20.8. The molecule has 1 atom stereocenters. The molecule has 0 saturated carbocycles. The van der Waals surface area contributed by atoms with E-state index in [0.717, 1.165) is 28.4 Å². The topological polar surface area (TPSA) is 118 Å². The summed E-state index contributed by atoms with van der Waals surface area (Å²) < 4.78 is 19.7. The quantitative estimate of drug-likeness (QED) is 0.304. The molecule has 1 fully saturated rings. The van der Waals surface area contributed by atoms with E-state index >= 15 is 0 Å². The number of piperidine rings is 1. The maximum absolute atomic E-state index is 13.9. The van der Waals surface area contributed by atoms with E-state index in [1.807, 2.05) is 55.6 Å². The van der Waals surface area contributed by atoms with E-state index in [1.54, 1.807) is 6.07 Å². The average molecular weight is 515 g/mol. The molecule has 0 radical (unpaired) electrons. The van der Waals surface area contributed by atoms with Crippen LogP contribution in [0, 0.1) is 5.82 Å². The van der Waals surface area contributed by atoms with Gasteiger partial charge in [0, 0.05) is 36.1 Å². The van der Waals surface area contributed by atoms with E-state index in [-0.39, 0.29) is 23.0 Å². The van der Waals surface area contributed by atoms with Crippen LogP contribution in [0.1, 0.15) is 34.3 Å². The summed E-state index contributed by atoms with van der Waals surface area (Å²) in [5.41, 5.74) is 9.47. The van der Waals surface area contributed by atoms with Crippen LogP contribution >= 0.6 is 0 Å². The molecule has 1 aliphatic heterocycles. The summed E-state index contributed by atoms with van der Waals surface area (Å²) in [6.07, 6.45) is 0.802. The maximum atomic E-state index is 13.9. The summed E-state index contributed by atoms with van der Waals surface area (Å²) in [7, 11) is 2.02. The first-order chi connectivity index (χ1) is 18.2. The molecule has 38 heavy (non-hydrogen) atoms. The van der Waals surface area contributed by atoms with Crippen LogP contribution in [-0.2, 0) is 22.7 Å². The molecule has 0 spiro atoms. The highest BCUT2D eigenvalue weighted by Gasteiger charge is 2.26. The monoisotopic (exact) mass is 514 g/mol. The lowest BCUT2D eigenvalue weighted by molar-refractivity contribution is -0.133. The van der Waals surface area contributed by atoms with Gasteiger partial charge in [0.25, 0.3) is 5.91 Å². The predicted molar refractivity (Wildman–Crippen MR) is 142 cm³/mol. The molecule has 4 N–H and O–H groups in total. The van der Waals surface area contributed by atoms with Gasteiger partial charge in [-0.2, -0.15) is 0 Å². The smallest absolute Gasteiger partial charge is 0.252 e. The molecule has 9 heteroatoms. The number of hydrogen-bond acceptors (Lipinski definition) is 6. The highest BCUT2D eigenvalue weighted by molar-refractivity contribution is 6.05. The van der Waals surface area contributed by atoms with Gasteiger partial charge in [0.05, 0.1) is 5.56 Å². The summed E-state index contributed by atoms with van der Waals surface area (Å²) in [6.45, 7) is 1.39. The number of amides is 3. The van der Waals surface area contributed by atoms with Crippen LogP contribution in [0.25, 0.3) is 22.3 Å². The van der Waals surface area contributed by atoms with Gasteiger partial charge in [0.2, 0.25) is 11.8 Å². The van der Waals surface area contributed by atoms with Gasteiger partial charge in [-0.05, 0) is 54.9 Å². The standard InChI is InChI=1S/C29H27FN4O4/c1-34(16-18-3-2-4-22(11-18)32-24-9-10-26(35)33-29(24)37)15-17-5-7-19(8-6-17)25-13-20-12-21(30)14-23(28(31)36)27(20)38-25/h2-8,11-14,24,32H,9-10,15-16H2,1H3,(H2,31,36)(H,33,35,37). The number of halogens is 1. The molecule has 3 aromatic carbocycles. The Morgan fingerprint density at radius 3 is 2.58 bits per heavy atom. The fourth-order valence-corrected chi connectivity index (χ4v) is 4.69. The van der Waals surface area contributed by atoms with Gasteiger partial charge in [-0.3, -0.25) is 24.6 Å². The number of nitrogens with two attached hydrogens (primary N) is 1. The maximum Gasteiger partial charge on any atom is 0.252 e. The Kier molecular flexibility index (Phi) is 6.93. The van der Waals surface area contributed by atoms with E-state index in [0.29, 0.717) is 37.1 Å². The van der Waals surface area contributed by atoms with Crippen molar-refractivity contribution in [3.05, 3.63) is 89.2 Å².